The standard InChI is InChI=1S/C9H17N3O2/c1-7(13)11-8-3-5-12(6-4-8)9(14)10-2/h8H,3-6H2,1-2H3,(H,10,14)(H,11,13). The zero-order valence-electron chi connectivity index (χ0n) is 8.67. The molecule has 0 spiro atoms. The van der Waals surface area contributed by atoms with Crippen LogP contribution in [0.5, 0.6) is 0 Å². The first-order chi connectivity index (χ1) is 6.63. The minimum Gasteiger partial charge on any atom is -0.353 e. The van der Waals surface area contributed by atoms with E-state index in [1.54, 1.807) is 11.9 Å². The normalized spacial score (nSPS) is 17.7. The topological polar surface area (TPSA) is 61.4 Å². The maximum Gasteiger partial charge on any atom is 0.317 e. The van der Waals surface area contributed by atoms with Gasteiger partial charge in [-0.3, -0.25) is 4.79 Å². The molecule has 1 fully saturated rings. The van der Waals surface area contributed by atoms with Gasteiger partial charge in [-0.25, -0.2) is 4.79 Å². The minimum atomic E-state index is -0.0359. The summed E-state index contributed by atoms with van der Waals surface area (Å²) in [6.45, 7) is 2.94. The number of urea groups is 1. The van der Waals surface area contributed by atoms with Gasteiger partial charge in [-0.2, -0.15) is 0 Å². The second-order valence-corrected chi connectivity index (χ2v) is 3.52. The number of hydrogen-bond donors (Lipinski definition) is 2. The predicted octanol–water partition coefficient (Wildman–Crippen LogP) is -0.0737. The monoisotopic (exact) mass is 199 g/mol. The van der Waals surface area contributed by atoms with Crippen LogP contribution in [0.2, 0.25) is 0 Å². The van der Waals surface area contributed by atoms with Gasteiger partial charge in [0, 0.05) is 33.1 Å². The molecule has 1 saturated heterocycles. The first-order valence-corrected chi connectivity index (χ1v) is 4.87. The molecule has 0 aromatic rings. The van der Waals surface area contributed by atoms with Gasteiger partial charge in [-0.15, -0.1) is 0 Å². The largest absolute Gasteiger partial charge is 0.353 e. The van der Waals surface area contributed by atoms with Crippen LogP contribution in [0, 0.1) is 0 Å². The third-order valence-electron chi connectivity index (χ3n) is 2.40. The molecule has 14 heavy (non-hydrogen) atoms. The Balaban J connectivity index is 2.31. The number of nitrogens with zero attached hydrogens (tertiary/aromatic N) is 1. The van der Waals surface area contributed by atoms with Crippen molar-refractivity contribution in [1.29, 1.82) is 0 Å². The molecule has 1 aliphatic rings. The SMILES string of the molecule is CNC(=O)N1CCC(NC(C)=O)CC1. The van der Waals surface area contributed by atoms with Gasteiger partial charge in [0.1, 0.15) is 0 Å². The first kappa shape index (κ1) is 10.8. The molecule has 0 radical (unpaired) electrons. The van der Waals surface area contributed by atoms with Gasteiger partial charge in [0.05, 0.1) is 0 Å². The van der Waals surface area contributed by atoms with Crippen molar-refractivity contribution < 1.29 is 9.59 Å². The van der Waals surface area contributed by atoms with Crippen LogP contribution in [0.25, 0.3) is 0 Å². The third kappa shape index (κ3) is 2.90. The smallest absolute Gasteiger partial charge is 0.317 e. The number of nitrogens with one attached hydrogen (secondary N) is 2. The molecule has 0 atom stereocenters. The van der Waals surface area contributed by atoms with E-state index in [0.717, 1.165) is 12.8 Å². The Morgan fingerprint density at radius 2 is 1.86 bits per heavy atom. The molecule has 0 aromatic heterocycles. The van der Waals surface area contributed by atoms with Crippen LogP contribution in [0.3, 0.4) is 0 Å². The summed E-state index contributed by atoms with van der Waals surface area (Å²) in [7, 11) is 1.63. The van der Waals surface area contributed by atoms with Gasteiger partial charge in [0.25, 0.3) is 0 Å². The van der Waals surface area contributed by atoms with Crippen molar-refractivity contribution in [3.8, 4) is 0 Å². The van der Waals surface area contributed by atoms with Gasteiger partial charge >= 0.3 is 6.03 Å². The molecule has 5 nitrogen and oxygen atoms in total. The quantitative estimate of drug-likeness (QED) is 0.621. The lowest BCUT2D eigenvalue weighted by atomic mass is 10.1. The molecular weight excluding hydrogens is 182 g/mol. The van der Waals surface area contributed by atoms with Gasteiger partial charge in [0.2, 0.25) is 5.91 Å². The molecule has 0 saturated carbocycles. The summed E-state index contributed by atoms with van der Waals surface area (Å²) < 4.78 is 0. The minimum absolute atomic E-state index is 0.00314. The summed E-state index contributed by atoms with van der Waals surface area (Å²) in [6.07, 6.45) is 1.68. The van der Waals surface area contributed by atoms with Gasteiger partial charge < -0.3 is 15.5 Å². The molecule has 0 aromatic carbocycles. The van der Waals surface area contributed by atoms with E-state index in [0.29, 0.717) is 13.1 Å². The van der Waals surface area contributed by atoms with E-state index < -0.39 is 0 Å². The average molecular weight is 199 g/mol. The van der Waals surface area contributed by atoms with Crippen LogP contribution in [0.15, 0.2) is 0 Å². The number of carbonyl (C=O) groups is 2. The summed E-state index contributed by atoms with van der Waals surface area (Å²) in [4.78, 5) is 23.8. The first-order valence-electron chi connectivity index (χ1n) is 4.87. The van der Waals surface area contributed by atoms with Crippen LogP contribution >= 0.6 is 0 Å². The molecule has 1 aliphatic heterocycles. The number of carbonyl (C=O) groups excluding carboxylic acids is 2. The Labute approximate surface area is 83.8 Å². The van der Waals surface area contributed by atoms with Crippen LogP contribution in [-0.2, 0) is 4.79 Å². The molecule has 3 amide bonds. The highest BCUT2D eigenvalue weighted by molar-refractivity contribution is 5.74. The van der Waals surface area contributed by atoms with Gasteiger partial charge in [-0.1, -0.05) is 0 Å². The Morgan fingerprint density at radius 3 is 2.29 bits per heavy atom. The summed E-state index contributed by atoms with van der Waals surface area (Å²) in [5.41, 5.74) is 0. The fourth-order valence-electron chi connectivity index (χ4n) is 1.67. The Hall–Kier alpha value is -1.26. The fourth-order valence-corrected chi connectivity index (χ4v) is 1.67. The van der Waals surface area contributed by atoms with Gasteiger partial charge in [0.15, 0.2) is 0 Å². The second kappa shape index (κ2) is 4.83. The maximum absolute atomic E-state index is 11.2. The van der Waals surface area contributed by atoms with Crippen molar-refractivity contribution in [2.75, 3.05) is 20.1 Å². The summed E-state index contributed by atoms with van der Waals surface area (Å²) >= 11 is 0. The molecule has 80 valence electrons. The van der Waals surface area contributed by atoms with Crippen LogP contribution in [0.1, 0.15) is 19.8 Å². The number of likely N-dealkylation sites (tertiary alicyclic amines) is 1. The van der Waals surface area contributed by atoms with Crippen molar-refractivity contribution in [3.05, 3.63) is 0 Å². The predicted molar refractivity (Wildman–Crippen MR) is 52.9 cm³/mol. The fraction of sp³-hybridized carbons (Fsp3) is 0.778. The summed E-state index contributed by atoms with van der Waals surface area (Å²) in [5, 5.41) is 5.45. The molecule has 0 aliphatic carbocycles. The van der Waals surface area contributed by atoms with Crippen LogP contribution in [-0.4, -0.2) is 43.0 Å². The lowest BCUT2D eigenvalue weighted by Gasteiger charge is -2.31. The van der Waals surface area contributed by atoms with Crippen molar-refractivity contribution in [1.82, 2.24) is 15.5 Å². The number of piperidine rings is 1. The summed E-state index contributed by atoms with van der Waals surface area (Å²) in [5.74, 6) is 0.00314. The summed E-state index contributed by atoms with van der Waals surface area (Å²) in [6, 6.07) is 0.194. The van der Waals surface area contributed by atoms with E-state index in [2.05, 4.69) is 10.6 Å². The van der Waals surface area contributed by atoms with E-state index in [9.17, 15) is 9.59 Å². The average Bonchev–Trinajstić information content (AvgIpc) is 2.17. The lowest BCUT2D eigenvalue weighted by Crippen LogP contribution is -2.48. The van der Waals surface area contributed by atoms with Crippen molar-refractivity contribution in [2.24, 2.45) is 0 Å². The maximum atomic E-state index is 11.2. The Morgan fingerprint density at radius 1 is 1.29 bits per heavy atom. The van der Waals surface area contributed by atoms with Crippen molar-refractivity contribution in [2.45, 2.75) is 25.8 Å². The highest BCUT2D eigenvalue weighted by Crippen LogP contribution is 2.09. The van der Waals surface area contributed by atoms with E-state index in [4.69, 9.17) is 0 Å². The second-order valence-electron chi connectivity index (χ2n) is 3.52. The number of rotatable bonds is 1. The van der Waals surface area contributed by atoms with Crippen molar-refractivity contribution in [3.63, 3.8) is 0 Å². The molecule has 1 heterocycles. The zero-order chi connectivity index (χ0) is 10.6. The number of amides is 3. The third-order valence-corrected chi connectivity index (χ3v) is 2.40. The van der Waals surface area contributed by atoms with Crippen LogP contribution < -0.4 is 10.6 Å². The number of hydrogen-bond acceptors (Lipinski definition) is 2. The van der Waals surface area contributed by atoms with Crippen molar-refractivity contribution >= 4 is 11.9 Å². The molecule has 0 bridgehead atoms. The van der Waals surface area contributed by atoms with E-state index >= 15 is 0 Å². The highest BCUT2D eigenvalue weighted by atomic mass is 16.2. The Bertz CT molecular complexity index is 222. The van der Waals surface area contributed by atoms with E-state index in [1.807, 2.05) is 0 Å². The van der Waals surface area contributed by atoms with Crippen LogP contribution in [0.4, 0.5) is 4.79 Å². The van der Waals surface area contributed by atoms with Gasteiger partial charge in [-0.05, 0) is 12.8 Å². The molecule has 5 heteroatoms. The lowest BCUT2D eigenvalue weighted by molar-refractivity contribution is -0.119. The Kier molecular flexibility index (Phi) is 3.73. The highest BCUT2D eigenvalue weighted by Gasteiger charge is 2.22. The molecular formula is C9H17N3O2. The molecule has 2 N–H and O–H groups in total. The van der Waals surface area contributed by atoms with E-state index in [1.165, 1.54) is 6.92 Å². The molecule has 0 unspecified atom stereocenters. The van der Waals surface area contributed by atoms with E-state index in [-0.39, 0.29) is 18.0 Å². The zero-order valence-corrected chi connectivity index (χ0v) is 8.67. The molecule has 1 rings (SSSR count).